The third kappa shape index (κ3) is 6.15. The molecule has 24 heavy (non-hydrogen) atoms. The molecule has 0 heterocycles. The number of hydrogen-bond donors (Lipinski definition) is 1. The van der Waals surface area contributed by atoms with Gasteiger partial charge >= 0.3 is 0 Å². The minimum atomic E-state index is 0.162. The van der Waals surface area contributed by atoms with Crippen molar-refractivity contribution in [3.8, 4) is 11.5 Å². The lowest BCUT2D eigenvalue weighted by molar-refractivity contribution is 0.243. The highest BCUT2D eigenvalue weighted by Crippen LogP contribution is 2.25. The third-order valence-corrected chi connectivity index (χ3v) is 3.62. The number of benzene rings is 2. The fourth-order valence-corrected chi connectivity index (χ4v) is 2.28. The minimum Gasteiger partial charge on any atom is -0.494 e. The van der Waals surface area contributed by atoms with Gasteiger partial charge in [0.15, 0.2) is 0 Å². The highest BCUT2D eigenvalue weighted by molar-refractivity contribution is 5.56. The zero-order valence-corrected chi connectivity index (χ0v) is 15.2. The zero-order valence-electron chi connectivity index (χ0n) is 15.2. The molecule has 0 saturated heterocycles. The van der Waals surface area contributed by atoms with E-state index in [1.165, 1.54) is 5.56 Å². The van der Waals surface area contributed by atoms with E-state index in [9.17, 15) is 0 Å². The second kappa shape index (κ2) is 9.21. The second-order valence-corrected chi connectivity index (χ2v) is 6.69. The first-order valence-corrected chi connectivity index (χ1v) is 8.76. The van der Waals surface area contributed by atoms with Crippen molar-refractivity contribution < 1.29 is 9.47 Å². The molecule has 0 saturated carbocycles. The molecule has 0 unspecified atom stereocenters. The van der Waals surface area contributed by atoms with Crippen molar-refractivity contribution in [2.24, 2.45) is 5.92 Å². The summed E-state index contributed by atoms with van der Waals surface area (Å²) in [6.07, 6.45) is 1.24. The maximum atomic E-state index is 5.83. The molecular weight excluding hydrogens is 298 g/mol. The average molecular weight is 327 g/mol. The molecule has 3 nitrogen and oxygen atoms in total. The Hall–Kier alpha value is -2.16. The number of para-hydroxylation sites is 2. The summed E-state index contributed by atoms with van der Waals surface area (Å²) < 4.78 is 11.6. The SMILES string of the molecule is CC(C)CCOc1ccc(CNc2ccccc2OC(C)C)cc1. The molecule has 0 aliphatic rings. The van der Waals surface area contributed by atoms with Crippen molar-refractivity contribution in [1.82, 2.24) is 0 Å². The van der Waals surface area contributed by atoms with Crippen LogP contribution in [-0.4, -0.2) is 12.7 Å². The van der Waals surface area contributed by atoms with Gasteiger partial charge in [0.25, 0.3) is 0 Å². The van der Waals surface area contributed by atoms with Gasteiger partial charge in [-0.1, -0.05) is 38.1 Å². The Morgan fingerprint density at radius 3 is 2.29 bits per heavy atom. The van der Waals surface area contributed by atoms with Gasteiger partial charge < -0.3 is 14.8 Å². The molecule has 0 spiro atoms. The summed E-state index contributed by atoms with van der Waals surface area (Å²) >= 11 is 0. The summed E-state index contributed by atoms with van der Waals surface area (Å²) in [6.45, 7) is 10.0. The average Bonchev–Trinajstić information content (AvgIpc) is 2.54. The summed E-state index contributed by atoms with van der Waals surface area (Å²) in [5.74, 6) is 2.49. The van der Waals surface area contributed by atoms with E-state index in [2.05, 4.69) is 31.3 Å². The Morgan fingerprint density at radius 1 is 0.917 bits per heavy atom. The highest BCUT2D eigenvalue weighted by atomic mass is 16.5. The molecule has 1 N–H and O–H groups in total. The lowest BCUT2D eigenvalue weighted by atomic mass is 10.1. The molecule has 0 fully saturated rings. The van der Waals surface area contributed by atoms with Gasteiger partial charge in [-0.05, 0) is 56.0 Å². The lowest BCUT2D eigenvalue weighted by Gasteiger charge is -2.15. The minimum absolute atomic E-state index is 0.162. The van der Waals surface area contributed by atoms with Crippen molar-refractivity contribution in [3.05, 3.63) is 54.1 Å². The van der Waals surface area contributed by atoms with E-state index in [0.29, 0.717) is 5.92 Å². The van der Waals surface area contributed by atoms with E-state index in [-0.39, 0.29) is 6.10 Å². The summed E-state index contributed by atoms with van der Waals surface area (Å²) in [7, 11) is 0. The van der Waals surface area contributed by atoms with Crippen molar-refractivity contribution in [3.63, 3.8) is 0 Å². The van der Waals surface area contributed by atoms with Crippen molar-refractivity contribution in [1.29, 1.82) is 0 Å². The van der Waals surface area contributed by atoms with Crippen LogP contribution in [0.1, 0.15) is 39.7 Å². The van der Waals surface area contributed by atoms with Crippen LogP contribution in [0.4, 0.5) is 5.69 Å². The summed E-state index contributed by atoms with van der Waals surface area (Å²) in [4.78, 5) is 0. The van der Waals surface area contributed by atoms with Gasteiger partial charge in [0.05, 0.1) is 18.4 Å². The van der Waals surface area contributed by atoms with Gasteiger partial charge in [0, 0.05) is 6.54 Å². The zero-order chi connectivity index (χ0) is 17.4. The first kappa shape index (κ1) is 18.2. The Kier molecular flexibility index (Phi) is 6.98. The Labute approximate surface area is 146 Å². The van der Waals surface area contributed by atoms with Gasteiger partial charge in [-0.25, -0.2) is 0 Å². The smallest absolute Gasteiger partial charge is 0.142 e. The molecule has 2 rings (SSSR count). The molecule has 0 aliphatic heterocycles. The standard InChI is InChI=1S/C21H29NO2/c1-16(2)13-14-23-19-11-9-18(10-12-19)15-22-20-7-5-6-8-21(20)24-17(3)4/h5-12,16-17,22H,13-15H2,1-4H3. The molecular formula is C21H29NO2. The number of ether oxygens (including phenoxy) is 2. The van der Waals surface area contributed by atoms with Gasteiger partial charge in [-0.15, -0.1) is 0 Å². The van der Waals surface area contributed by atoms with Crippen molar-refractivity contribution >= 4 is 5.69 Å². The summed E-state index contributed by atoms with van der Waals surface area (Å²) in [5.41, 5.74) is 2.23. The number of anilines is 1. The maximum Gasteiger partial charge on any atom is 0.142 e. The summed E-state index contributed by atoms with van der Waals surface area (Å²) in [5, 5.41) is 3.45. The molecule has 2 aromatic carbocycles. The van der Waals surface area contributed by atoms with Gasteiger partial charge in [-0.2, -0.15) is 0 Å². The number of hydrogen-bond acceptors (Lipinski definition) is 3. The van der Waals surface area contributed by atoms with Crippen LogP contribution in [-0.2, 0) is 6.54 Å². The van der Waals surface area contributed by atoms with Crippen molar-refractivity contribution in [2.75, 3.05) is 11.9 Å². The Morgan fingerprint density at radius 2 is 1.62 bits per heavy atom. The van der Waals surface area contributed by atoms with E-state index in [4.69, 9.17) is 9.47 Å². The molecule has 2 aromatic rings. The predicted octanol–water partition coefficient (Wildman–Crippen LogP) is 5.51. The van der Waals surface area contributed by atoms with E-state index < -0.39 is 0 Å². The van der Waals surface area contributed by atoms with E-state index in [1.54, 1.807) is 0 Å². The van der Waals surface area contributed by atoms with E-state index >= 15 is 0 Å². The molecule has 0 bridgehead atoms. The van der Waals surface area contributed by atoms with Crippen LogP contribution in [0.3, 0.4) is 0 Å². The van der Waals surface area contributed by atoms with Crippen LogP contribution in [0.15, 0.2) is 48.5 Å². The topological polar surface area (TPSA) is 30.5 Å². The highest BCUT2D eigenvalue weighted by Gasteiger charge is 2.05. The molecule has 0 aliphatic carbocycles. The molecule has 0 amide bonds. The van der Waals surface area contributed by atoms with Crippen LogP contribution in [0.2, 0.25) is 0 Å². The van der Waals surface area contributed by atoms with Gasteiger partial charge in [0.2, 0.25) is 0 Å². The largest absolute Gasteiger partial charge is 0.494 e. The quantitative estimate of drug-likeness (QED) is 0.658. The molecule has 0 aromatic heterocycles. The van der Waals surface area contributed by atoms with Gasteiger partial charge in [0.1, 0.15) is 11.5 Å². The molecule has 0 atom stereocenters. The first-order valence-electron chi connectivity index (χ1n) is 8.76. The van der Waals surface area contributed by atoms with Crippen LogP contribution in [0.5, 0.6) is 11.5 Å². The van der Waals surface area contributed by atoms with Crippen molar-refractivity contribution in [2.45, 2.75) is 46.8 Å². The summed E-state index contributed by atoms with van der Waals surface area (Å²) in [6, 6.07) is 16.3. The number of rotatable bonds is 9. The monoisotopic (exact) mass is 327 g/mol. The molecule has 0 radical (unpaired) electrons. The van der Waals surface area contributed by atoms with Crippen LogP contribution in [0, 0.1) is 5.92 Å². The van der Waals surface area contributed by atoms with Crippen LogP contribution < -0.4 is 14.8 Å². The predicted molar refractivity (Wildman–Crippen MR) is 101 cm³/mol. The second-order valence-electron chi connectivity index (χ2n) is 6.69. The third-order valence-electron chi connectivity index (χ3n) is 3.62. The molecule has 3 heteroatoms. The Balaban J connectivity index is 1.88. The first-order chi connectivity index (χ1) is 11.5. The van der Waals surface area contributed by atoms with E-state index in [0.717, 1.165) is 36.8 Å². The van der Waals surface area contributed by atoms with E-state index in [1.807, 2.05) is 50.2 Å². The Bertz CT molecular complexity index is 605. The lowest BCUT2D eigenvalue weighted by Crippen LogP contribution is -2.08. The fourth-order valence-electron chi connectivity index (χ4n) is 2.28. The number of nitrogens with one attached hydrogen (secondary N) is 1. The van der Waals surface area contributed by atoms with Crippen LogP contribution in [0.25, 0.3) is 0 Å². The van der Waals surface area contributed by atoms with Gasteiger partial charge in [-0.3, -0.25) is 0 Å². The van der Waals surface area contributed by atoms with Crippen LogP contribution >= 0.6 is 0 Å². The normalized spacial score (nSPS) is 10.9. The molecule has 130 valence electrons. The fraction of sp³-hybridized carbons (Fsp3) is 0.429. The maximum absolute atomic E-state index is 5.83.